The SMILES string of the molecule is CO[Si](O)(CCCCNC(=O)Oc1c(F)c(F)c(F)c(F)c1F)OC. The molecule has 0 saturated heterocycles. The second-order valence-electron chi connectivity index (χ2n) is 4.79. The molecule has 0 bridgehead atoms. The quantitative estimate of drug-likeness (QED) is 0.235. The van der Waals surface area contributed by atoms with E-state index in [2.05, 4.69) is 10.1 Å². The first-order chi connectivity index (χ1) is 11.7. The van der Waals surface area contributed by atoms with Gasteiger partial charge < -0.3 is 23.7 Å². The lowest BCUT2D eigenvalue weighted by molar-refractivity contribution is 0.150. The molecule has 0 unspecified atom stereocenters. The molecule has 0 aliphatic rings. The van der Waals surface area contributed by atoms with E-state index in [0.29, 0.717) is 12.8 Å². The number of hydrogen-bond donors (Lipinski definition) is 2. The zero-order chi connectivity index (χ0) is 19.2. The topological polar surface area (TPSA) is 77.0 Å². The fourth-order valence-corrected chi connectivity index (χ4v) is 3.03. The maximum Gasteiger partial charge on any atom is 0.497 e. The minimum Gasteiger partial charge on any atom is -0.404 e. The van der Waals surface area contributed by atoms with Crippen molar-refractivity contribution in [2.45, 2.75) is 18.9 Å². The Balaban J connectivity index is 2.54. The van der Waals surface area contributed by atoms with Crippen molar-refractivity contribution in [1.29, 1.82) is 0 Å². The predicted octanol–water partition coefficient (Wildman–Crippen LogP) is 2.47. The Morgan fingerprint density at radius 3 is 1.92 bits per heavy atom. The van der Waals surface area contributed by atoms with Crippen molar-refractivity contribution in [2.24, 2.45) is 0 Å². The monoisotopic (exact) mass is 389 g/mol. The van der Waals surface area contributed by atoms with Crippen molar-refractivity contribution in [3.8, 4) is 5.75 Å². The Kier molecular flexibility index (Phi) is 7.73. The van der Waals surface area contributed by atoms with E-state index in [1.807, 2.05) is 0 Å². The van der Waals surface area contributed by atoms with Gasteiger partial charge in [-0.25, -0.2) is 18.0 Å². The van der Waals surface area contributed by atoms with Crippen molar-refractivity contribution < 1.29 is 45.1 Å². The van der Waals surface area contributed by atoms with Crippen LogP contribution in [0.5, 0.6) is 5.75 Å². The second kappa shape index (κ2) is 9.08. The first-order valence-corrected chi connectivity index (χ1v) is 8.93. The highest BCUT2D eigenvalue weighted by molar-refractivity contribution is 6.59. The van der Waals surface area contributed by atoms with Crippen LogP contribution in [-0.4, -0.2) is 40.5 Å². The molecule has 0 heterocycles. The molecular weight excluding hydrogens is 373 g/mol. The van der Waals surface area contributed by atoms with E-state index in [1.54, 1.807) is 0 Å². The molecule has 1 amide bonds. The van der Waals surface area contributed by atoms with Gasteiger partial charge in [-0.05, 0) is 12.8 Å². The van der Waals surface area contributed by atoms with Gasteiger partial charge in [0.1, 0.15) is 0 Å². The Bertz CT molecular complexity index is 600. The highest BCUT2D eigenvalue weighted by Gasteiger charge is 2.33. The smallest absolute Gasteiger partial charge is 0.404 e. The van der Waals surface area contributed by atoms with Crippen LogP contribution < -0.4 is 10.1 Å². The largest absolute Gasteiger partial charge is 0.497 e. The van der Waals surface area contributed by atoms with Gasteiger partial charge in [-0.2, -0.15) is 8.78 Å². The fourth-order valence-electron chi connectivity index (χ4n) is 1.75. The predicted molar refractivity (Wildman–Crippen MR) is 76.3 cm³/mol. The van der Waals surface area contributed by atoms with Gasteiger partial charge in [0.15, 0.2) is 0 Å². The van der Waals surface area contributed by atoms with Crippen LogP contribution in [0.2, 0.25) is 6.04 Å². The van der Waals surface area contributed by atoms with E-state index in [0.717, 1.165) is 0 Å². The lowest BCUT2D eigenvalue weighted by Gasteiger charge is -2.19. The fraction of sp³-hybridized carbons (Fsp3) is 0.462. The number of carbonyl (C=O) groups is 1. The number of hydrogen-bond acceptors (Lipinski definition) is 5. The molecule has 0 saturated carbocycles. The molecule has 1 rings (SSSR count). The summed E-state index contributed by atoms with van der Waals surface area (Å²) >= 11 is 0. The van der Waals surface area contributed by atoms with Crippen molar-refractivity contribution >= 4 is 14.9 Å². The summed E-state index contributed by atoms with van der Waals surface area (Å²) in [7, 11) is -0.656. The van der Waals surface area contributed by atoms with Gasteiger partial charge in [0.2, 0.25) is 34.8 Å². The zero-order valence-electron chi connectivity index (χ0n) is 13.3. The van der Waals surface area contributed by atoms with Crippen LogP contribution in [0.15, 0.2) is 0 Å². The molecule has 12 heteroatoms. The van der Waals surface area contributed by atoms with Gasteiger partial charge in [0, 0.05) is 26.8 Å². The maximum atomic E-state index is 13.3. The molecule has 0 fully saturated rings. The van der Waals surface area contributed by atoms with Gasteiger partial charge in [-0.3, -0.25) is 0 Å². The van der Waals surface area contributed by atoms with E-state index in [9.17, 15) is 31.5 Å². The van der Waals surface area contributed by atoms with Gasteiger partial charge in [0.05, 0.1) is 0 Å². The molecule has 1 aromatic rings. The average molecular weight is 389 g/mol. The highest BCUT2D eigenvalue weighted by Crippen LogP contribution is 2.29. The number of amides is 1. The standard InChI is InChI=1S/C13H16F5NO5Si/c1-22-25(21,23-2)6-4-3-5-19-13(20)24-12-10(17)8(15)7(14)9(16)11(12)18/h21H,3-6H2,1-2H3,(H,19,20). The van der Waals surface area contributed by atoms with Gasteiger partial charge in [0.25, 0.3) is 0 Å². The minimum absolute atomic E-state index is 0.0356. The Morgan fingerprint density at radius 1 is 0.960 bits per heavy atom. The Labute approximate surface area is 140 Å². The number of carbonyl (C=O) groups excluding carboxylic acids is 1. The maximum absolute atomic E-state index is 13.3. The zero-order valence-corrected chi connectivity index (χ0v) is 14.3. The molecule has 25 heavy (non-hydrogen) atoms. The normalized spacial score (nSPS) is 11.5. The molecule has 0 aliphatic carbocycles. The number of ether oxygens (including phenoxy) is 1. The van der Waals surface area contributed by atoms with Gasteiger partial charge in [-0.15, -0.1) is 0 Å². The molecule has 6 nitrogen and oxygen atoms in total. The number of rotatable bonds is 8. The average Bonchev–Trinajstić information content (AvgIpc) is 2.61. The van der Waals surface area contributed by atoms with Crippen LogP contribution >= 0.6 is 0 Å². The first kappa shape index (κ1) is 21.3. The Morgan fingerprint density at radius 2 is 1.44 bits per heavy atom. The molecule has 0 atom stereocenters. The van der Waals surface area contributed by atoms with Crippen LogP contribution in [0.4, 0.5) is 26.7 Å². The lowest BCUT2D eigenvalue weighted by Crippen LogP contribution is -2.40. The first-order valence-electron chi connectivity index (χ1n) is 6.96. The molecule has 0 aromatic heterocycles. The van der Waals surface area contributed by atoms with Crippen molar-refractivity contribution in [3.05, 3.63) is 29.1 Å². The highest BCUT2D eigenvalue weighted by atomic mass is 28.4. The number of nitrogens with one attached hydrogen (secondary N) is 1. The minimum atomic E-state index is -3.23. The van der Waals surface area contributed by atoms with Crippen LogP contribution in [0, 0.1) is 29.1 Å². The molecule has 0 radical (unpaired) electrons. The molecule has 0 spiro atoms. The van der Waals surface area contributed by atoms with Crippen LogP contribution in [-0.2, 0) is 8.85 Å². The van der Waals surface area contributed by atoms with E-state index < -0.39 is 49.7 Å². The van der Waals surface area contributed by atoms with E-state index >= 15 is 0 Å². The number of unbranched alkanes of at least 4 members (excludes halogenated alkanes) is 1. The van der Waals surface area contributed by atoms with E-state index in [-0.39, 0.29) is 12.6 Å². The summed E-state index contributed by atoms with van der Waals surface area (Å²) in [5.74, 6) is -13.0. The third kappa shape index (κ3) is 5.36. The van der Waals surface area contributed by atoms with E-state index in [4.69, 9.17) is 8.85 Å². The van der Waals surface area contributed by atoms with Gasteiger partial charge in [-0.1, -0.05) is 0 Å². The van der Waals surface area contributed by atoms with Gasteiger partial charge >= 0.3 is 14.9 Å². The van der Waals surface area contributed by atoms with Crippen LogP contribution in [0.1, 0.15) is 12.8 Å². The molecule has 1 aromatic carbocycles. The summed E-state index contributed by atoms with van der Waals surface area (Å²) in [6, 6.07) is 0.203. The second-order valence-corrected chi connectivity index (χ2v) is 7.54. The molecule has 0 aliphatic heterocycles. The van der Waals surface area contributed by atoms with Crippen molar-refractivity contribution in [1.82, 2.24) is 5.32 Å². The molecule has 142 valence electrons. The summed E-state index contributed by atoms with van der Waals surface area (Å²) in [6.45, 7) is -0.0356. The summed E-state index contributed by atoms with van der Waals surface area (Å²) in [4.78, 5) is 21.2. The molecule has 2 N–H and O–H groups in total. The van der Waals surface area contributed by atoms with Crippen molar-refractivity contribution in [2.75, 3.05) is 20.8 Å². The third-order valence-corrected chi connectivity index (χ3v) is 5.45. The number of benzene rings is 1. The summed E-state index contributed by atoms with van der Waals surface area (Å²) in [5, 5.41) is 2.08. The van der Waals surface area contributed by atoms with Crippen LogP contribution in [0.25, 0.3) is 0 Å². The lowest BCUT2D eigenvalue weighted by atomic mass is 10.2. The summed E-state index contributed by atoms with van der Waals surface area (Å²) in [6.07, 6.45) is -0.698. The van der Waals surface area contributed by atoms with Crippen molar-refractivity contribution in [3.63, 3.8) is 0 Å². The summed E-state index contributed by atoms with van der Waals surface area (Å²) in [5.41, 5.74) is 0. The third-order valence-electron chi connectivity index (χ3n) is 3.19. The van der Waals surface area contributed by atoms with E-state index in [1.165, 1.54) is 14.2 Å². The summed E-state index contributed by atoms with van der Waals surface area (Å²) < 4.78 is 79.3. The molecular formula is C13H16F5NO5Si. The number of halogens is 5. The Hall–Kier alpha value is -1.76. The van der Waals surface area contributed by atoms with Crippen LogP contribution in [0.3, 0.4) is 0 Å².